The van der Waals surface area contributed by atoms with Gasteiger partial charge in [0.05, 0.1) is 17.8 Å². The van der Waals surface area contributed by atoms with E-state index in [9.17, 15) is 24.1 Å². The van der Waals surface area contributed by atoms with Gasteiger partial charge in [-0.25, -0.2) is 8.78 Å². The molecule has 3 nitrogen and oxygen atoms in total. The lowest BCUT2D eigenvalue weighted by Gasteiger charge is -2.45. The Balaban J connectivity index is 1.75. The predicted molar refractivity (Wildman–Crippen MR) is 124 cm³/mol. The molecule has 0 radical (unpaired) electrons. The Morgan fingerprint density at radius 3 is 2.56 bits per heavy atom. The van der Waals surface area contributed by atoms with E-state index in [1.54, 1.807) is 0 Å². The molecule has 32 heavy (non-hydrogen) atoms. The number of aliphatic hydroxyl groups excluding tert-OH is 2. The summed E-state index contributed by atoms with van der Waals surface area (Å²) in [7, 11) is 0. The fraction of sp³-hybridized carbons (Fsp3) is 0.778. The molecule has 0 spiro atoms. The third-order valence-electron chi connectivity index (χ3n) is 8.30. The smallest absolute Gasteiger partial charge is 0.251 e. The molecule has 0 aromatic heterocycles. The van der Waals surface area contributed by atoms with Crippen LogP contribution in [0.4, 0.5) is 8.78 Å². The Hall–Kier alpha value is -1.04. The number of aliphatic hydroxyl groups is 3. The van der Waals surface area contributed by atoms with Crippen LogP contribution in [0.25, 0.3) is 0 Å². The second-order valence-corrected chi connectivity index (χ2v) is 11.7. The van der Waals surface area contributed by atoms with Crippen LogP contribution in [0, 0.1) is 23.2 Å². The van der Waals surface area contributed by atoms with E-state index >= 15 is 0 Å². The van der Waals surface area contributed by atoms with Crippen molar-refractivity contribution in [3.05, 3.63) is 35.5 Å². The average Bonchev–Trinajstić information content (AvgIpc) is 2.98. The van der Waals surface area contributed by atoms with E-state index in [0.29, 0.717) is 24.3 Å². The zero-order valence-corrected chi connectivity index (χ0v) is 20.2. The molecule has 0 heterocycles. The third kappa shape index (κ3) is 5.71. The molecule has 0 aromatic carbocycles. The maximum Gasteiger partial charge on any atom is 0.251 e. The molecular weight excluding hydrogens is 410 g/mol. The summed E-state index contributed by atoms with van der Waals surface area (Å²) in [5.41, 5.74) is 1.61. The molecule has 3 fully saturated rings. The molecule has 5 heteroatoms. The Morgan fingerprint density at radius 2 is 1.91 bits per heavy atom. The Labute approximate surface area is 192 Å². The summed E-state index contributed by atoms with van der Waals surface area (Å²) in [6.45, 7) is 11.1. The van der Waals surface area contributed by atoms with Gasteiger partial charge in [0.25, 0.3) is 5.92 Å². The van der Waals surface area contributed by atoms with Gasteiger partial charge in [0.1, 0.15) is 0 Å². The van der Waals surface area contributed by atoms with Crippen LogP contribution in [0.1, 0.15) is 85.5 Å². The Morgan fingerprint density at radius 1 is 1.22 bits per heavy atom. The molecule has 0 bridgehead atoms. The lowest BCUT2D eigenvalue weighted by atomic mass is 9.60. The molecule has 3 rings (SSSR count). The van der Waals surface area contributed by atoms with E-state index < -0.39 is 30.2 Å². The van der Waals surface area contributed by atoms with Gasteiger partial charge in [-0.2, -0.15) is 0 Å². The van der Waals surface area contributed by atoms with E-state index in [0.717, 1.165) is 37.7 Å². The van der Waals surface area contributed by atoms with Crippen molar-refractivity contribution in [2.45, 2.75) is 109 Å². The summed E-state index contributed by atoms with van der Waals surface area (Å²) in [6.07, 6.45) is 8.20. The number of hydrogen-bond donors (Lipinski definition) is 3. The number of rotatable bonds is 6. The largest absolute Gasteiger partial charge is 0.393 e. The summed E-state index contributed by atoms with van der Waals surface area (Å²) in [5, 5.41) is 30.0. The number of fused-ring (bicyclic) bond motifs is 1. The van der Waals surface area contributed by atoms with Crippen molar-refractivity contribution < 1.29 is 24.1 Å². The van der Waals surface area contributed by atoms with Gasteiger partial charge in [-0.05, 0) is 86.7 Å². The van der Waals surface area contributed by atoms with Crippen molar-refractivity contribution in [3.63, 3.8) is 0 Å². The Bertz CT molecular complexity index is 763. The fourth-order valence-corrected chi connectivity index (χ4v) is 7.00. The lowest BCUT2D eigenvalue weighted by Crippen LogP contribution is -2.39. The Kier molecular flexibility index (Phi) is 7.44. The highest BCUT2D eigenvalue weighted by molar-refractivity contribution is 5.38. The number of allylic oxidation sites excluding steroid dienone is 3. The zero-order valence-electron chi connectivity index (χ0n) is 20.2. The van der Waals surface area contributed by atoms with Crippen molar-refractivity contribution in [1.82, 2.24) is 0 Å². The van der Waals surface area contributed by atoms with Gasteiger partial charge in [-0.15, -0.1) is 0 Å². The minimum absolute atomic E-state index is 0.00935. The first-order valence-corrected chi connectivity index (χ1v) is 12.3. The molecule has 0 saturated heterocycles. The maximum absolute atomic E-state index is 14.6. The van der Waals surface area contributed by atoms with E-state index in [2.05, 4.69) is 19.6 Å². The van der Waals surface area contributed by atoms with Gasteiger partial charge in [-0.3, -0.25) is 0 Å². The number of alkyl halides is 2. The summed E-state index contributed by atoms with van der Waals surface area (Å²) in [5.74, 6) is -2.35. The standard InChI is InChI=1S/C27H42F2O3/c1-17(15-27(28,29)16-25(3,4)32)22-10-11-23-19(7-6-12-26(22,23)5)8-9-20-13-21(30)14-24(31)18(20)2/h8-9,17,21-24,30-32H,2,6-7,10-16H2,1,3-5H3/b19-8+,20-9-/t17-,21-,22-,23+,24+,26-/m1/s1. The monoisotopic (exact) mass is 452 g/mol. The van der Waals surface area contributed by atoms with Crippen LogP contribution in [0.5, 0.6) is 0 Å². The predicted octanol–water partition coefficient (Wildman–Crippen LogP) is 5.95. The highest BCUT2D eigenvalue weighted by Crippen LogP contribution is 2.60. The zero-order chi connectivity index (χ0) is 23.9. The van der Waals surface area contributed by atoms with E-state index in [-0.39, 0.29) is 23.7 Å². The molecule has 6 atom stereocenters. The molecule has 3 N–H and O–H groups in total. The topological polar surface area (TPSA) is 60.7 Å². The van der Waals surface area contributed by atoms with Crippen LogP contribution in [-0.4, -0.2) is 39.1 Å². The first-order chi connectivity index (χ1) is 14.7. The molecule has 3 aliphatic carbocycles. The molecule has 0 aromatic rings. The summed E-state index contributed by atoms with van der Waals surface area (Å²) in [4.78, 5) is 0. The van der Waals surface area contributed by atoms with E-state index in [1.807, 2.05) is 13.0 Å². The molecule has 182 valence electrons. The summed E-state index contributed by atoms with van der Waals surface area (Å²) < 4.78 is 29.3. The number of halogens is 2. The molecular formula is C27H42F2O3. The van der Waals surface area contributed by atoms with Gasteiger partial charge in [-0.1, -0.05) is 38.2 Å². The summed E-state index contributed by atoms with van der Waals surface area (Å²) >= 11 is 0. The normalized spacial score (nSPS) is 37.7. The molecule has 0 aliphatic heterocycles. The molecule has 3 saturated carbocycles. The highest BCUT2D eigenvalue weighted by Gasteiger charge is 2.52. The fourth-order valence-electron chi connectivity index (χ4n) is 7.00. The van der Waals surface area contributed by atoms with E-state index in [4.69, 9.17) is 0 Å². The molecule has 0 amide bonds. The second kappa shape index (κ2) is 9.31. The van der Waals surface area contributed by atoms with Crippen molar-refractivity contribution >= 4 is 0 Å². The quantitative estimate of drug-likeness (QED) is 0.467. The van der Waals surface area contributed by atoms with Gasteiger partial charge >= 0.3 is 0 Å². The van der Waals surface area contributed by atoms with Gasteiger partial charge in [0.15, 0.2) is 0 Å². The van der Waals surface area contributed by atoms with Crippen LogP contribution < -0.4 is 0 Å². The van der Waals surface area contributed by atoms with Crippen LogP contribution in [0.2, 0.25) is 0 Å². The van der Waals surface area contributed by atoms with Crippen LogP contribution in [0.15, 0.2) is 35.5 Å². The second-order valence-electron chi connectivity index (χ2n) is 11.7. The SMILES string of the molecule is C=C1/C(=C\C=C2/CCC[C@]3(C)[C@@H]([C@H](C)CC(F)(F)CC(C)(C)O)CC[C@@H]23)C[C@@H](O)C[C@@H]1O. The van der Waals surface area contributed by atoms with Crippen LogP contribution >= 0.6 is 0 Å². The third-order valence-corrected chi connectivity index (χ3v) is 8.30. The van der Waals surface area contributed by atoms with Crippen molar-refractivity contribution in [1.29, 1.82) is 0 Å². The van der Waals surface area contributed by atoms with Crippen molar-refractivity contribution in [2.75, 3.05) is 0 Å². The minimum atomic E-state index is -2.87. The maximum atomic E-state index is 14.6. The van der Waals surface area contributed by atoms with Crippen molar-refractivity contribution in [3.8, 4) is 0 Å². The summed E-state index contributed by atoms with van der Waals surface area (Å²) in [6, 6.07) is 0. The first-order valence-electron chi connectivity index (χ1n) is 12.3. The van der Waals surface area contributed by atoms with Crippen molar-refractivity contribution in [2.24, 2.45) is 23.2 Å². The minimum Gasteiger partial charge on any atom is -0.393 e. The number of hydrogen-bond acceptors (Lipinski definition) is 3. The van der Waals surface area contributed by atoms with Crippen LogP contribution in [0.3, 0.4) is 0 Å². The van der Waals surface area contributed by atoms with Gasteiger partial charge < -0.3 is 15.3 Å². The average molecular weight is 453 g/mol. The first kappa shape index (κ1) is 25.6. The molecule has 3 aliphatic rings. The lowest BCUT2D eigenvalue weighted by molar-refractivity contribution is -0.0949. The van der Waals surface area contributed by atoms with E-state index in [1.165, 1.54) is 19.4 Å². The van der Waals surface area contributed by atoms with Gasteiger partial charge in [0, 0.05) is 19.3 Å². The van der Waals surface area contributed by atoms with Crippen LogP contribution in [-0.2, 0) is 0 Å². The van der Waals surface area contributed by atoms with Gasteiger partial charge in [0.2, 0.25) is 0 Å². The highest BCUT2D eigenvalue weighted by atomic mass is 19.3. The molecule has 0 unspecified atom stereocenters.